The standard InChI is InChI=1S/C14H24N2O3S/c17-14(16-6-3-8-20(18,19)9-7-16)13-10-11-4-1-2-5-12(11)15-13/h11-13,15H,1-10H2. The lowest BCUT2D eigenvalue weighted by Gasteiger charge is -2.25. The van der Waals surface area contributed by atoms with Crippen LogP contribution in [-0.2, 0) is 14.6 Å². The Morgan fingerprint density at radius 2 is 1.85 bits per heavy atom. The van der Waals surface area contributed by atoms with E-state index in [9.17, 15) is 13.2 Å². The highest BCUT2D eigenvalue weighted by molar-refractivity contribution is 7.91. The molecule has 1 N–H and O–H groups in total. The molecule has 1 aliphatic carbocycles. The zero-order chi connectivity index (χ0) is 14.2. The number of amides is 1. The van der Waals surface area contributed by atoms with Gasteiger partial charge in [0.1, 0.15) is 0 Å². The topological polar surface area (TPSA) is 66.5 Å². The molecule has 3 fully saturated rings. The fourth-order valence-corrected chi connectivity index (χ4v) is 5.16. The first-order chi connectivity index (χ1) is 9.55. The number of hydrogen-bond donors (Lipinski definition) is 1. The second kappa shape index (κ2) is 5.64. The minimum atomic E-state index is -2.94. The van der Waals surface area contributed by atoms with Crippen molar-refractivity contribution in [1.29, 1.82) is 0 Å². The minimum Gasteiger partial charge on any atom is -0.340 e. The SMILES string of the molecule is O=C(C1CC2CCCCC2N1)N1CCCS(=O)(=O)CC1. The van der Waals surface area contributed by atoms with Crippen molar-refractivity contribution in [2.45, 2.75) is 50.6 Å². The van der Waals surface area contributed by atoms with Crippen molar-refractivity contribution in [3.8, 4) is 0 Å². The van der Waals surface area contributed by atoms with Crippen LogP contribution in [0.2, 0.25) is 0 Å². The van der Waals surface area contributed by atoms with Gasteiger partial charge in [-0.25, -0.2) is 8.42 Å². The highest BCUT2D eigenvalue weighted by Crippen LogP contribution is 2.33. The summed E-state index contributed by atoms with van der Waals surface area (Å²) in [6.45, 7) is 0.959. The van der Waals surface area contributed by atoms with Crippen molar-refractivity contribution in [1.82, 2.24) is 10.2 Å². The van der Waals surface area contributed by atoms with Crippen LogP contribution in [0.5, 0.6) is 0 Å². The van der Waals surface area contributed by atoms with Crippen LogP contribution in [0, 0.1) is 5.92 Å². The van der Waals surface area contributed by atoms with Gasteiger partial charge in [0.15, 0.2) is 9.84 Å². The van der Waals surface area contributed by atoms with Crippen LogP contribution >= 0.6 is 0 Å². The molecule has 5 nitrogen and oxygen atoms in total. The number of fused-ring (bicyclic) bond motifs is 1. The van der Waals surface area contributed by atoms with Crippen molar-refractivity contribution in [2.24, 2.45) is 5.92 Å². The smallest absolute Gasteiger partial charge is 0.239 e. The van der Waals surface area contributed by atoms with Gasteiger partial charge in [-0.3, -0.25) is 4.79 Å². The second-order valence-electron chi connectivity index (χ2n) is 6.44. The highest BCUT2D eigenvalue weighted by Gasteiger charge is 2.40. The number of nitrogens with zero attached hydrogens (tertiary/aromatic N) is 1. The molecule has 0 aromatic rings. The van der Waals surface area contributed by atoms with E-state index in [1.165, 1.54) is 25.7 Å². The average Bonchev–Trinajstić information content (AvgIpc) is 2.77. The Kier molecular flexibility index (Phi) is 4.04. The molecule has 3 aliphatic rings. The third-order valence-corrected chi connectivity index (χ3v) is 6.74. The summed E-state index contributed by atoms with van der Waals surface area (Å²) in [4.78, 5) is 14.3. The lowest BCUT2D eigenvalue weighted by molar-refractivity contribution is -0.132. The molecule has 0 aromatic heterocycles. The van der Waals surface area contributed by atoms with E-state index >= 15 is 0 Å². The van der Waals surface area contributed by atoms with E-state index in [0.29, 0.717) is 31.5 Å². The zero-order valence-corrected chi connectivity index (χ0v) is 12.7. The maximum absolute atomic E-state index is 12.6. The van der Waals surface area contributed by atoms with Gasteiger partial charge in [-0.15, -0.1) is 0 Å². The van der Waals surface area contributed by atoms with Gasteiger partial charge in [0.2, 0.25) is 5.91 Å². The van der Waals surface area contributed by atoms with Gasteiger partial charge in [0, 0.05) is 19.1 Å². The van der Waals surface area contributed by atoms with Crippen molar-refractivity contribution in [2.75, 3.05) is 24.6 Å². The molecule has 114 valence electrons. The molecular formula is C14H24N2O3S. The molecule has 20 heavy (non-hydrogen) atoms. The van der Waals surface area contributed by atoms with E-state index in [4.69, 9.17) is 0 Å². The van der Waals surface area contributed by atoms with Crippen molar-refractivity contribution in [3.05, 3.63) is 0 Å². The third kappa shape index (κ3) is 3.01. The van der Waals surface area contributed by atoms with Gasteiger partial charge < -0.3 is 10.2 Å². The van der Waals surface area contributed by atoms with Crippen LogP contribution in [0.15, 0.2) is 0 Å². The Morgan fingerprint density at radius 3 is 2.65 bits per heavy atom. The predicted molar refractivity (Wildman–Crippen MR) is 77.1 cm³/mol. The Bertz CT molecular complexity index is 463. The Hall–Kier alpha value is -0.620. The molecule has 3 atom stereocenters. The highest BCUT2D eigenvalue weighted by atomic mass is 32.2. The van der Waals surface area contributed by atoms with Crippen molar-refractivity contribution in [3.63, 3.8) is 0 Å². The second-order valence-corrected chi connectivity index (χ2v) is 8.74. The van der Waals surface area contributed by atoms with Crippen LogP contribution in [0.25, 0.3) is 0 Å². The molecule has 1 amide bonds. The molecule has 1 saturated carbocycles. The number of nitrogens with one attached hydrogen (secondary N) is 1. The summed E-state index contributed by atoms with van der Waals surface area (Å²) in [5.74, 6) is 1.11. The summed E-state index contributed by atoms with van der Waals surface area (Å²) >= 11 is 0. The molecule has 0 radical (unpaired) electrons. The van der Waals surface area contributed by atoms with Crippen molar-refractivity contribution >= 4 is 15.7 Å². The summed E-state index contributed by atoms with van der Waals surface area (Å²) in [6, 6.07) is 0.428. The normalized spacial score (nSPS) is 37.2. The summed E-state index contributed by atoms with van der Waals surface area (Å²) in [5.41, 5.74) is 0. The molecule has 0 bridgehead atoms. The van der Waals surface area contributed by atoms with Crippen LogP contribution < -0.4 is 5.32 Å². The van der Waals surface area contributed by atoms with Gasteiger partial charge in [0.05, 0.1) is 17.5 Å². The largest absolute Gasteiger partial charge is 0.340 e. The first kappa shape index (κ1) is 14.3. The number of carbonyl (C=O) groups excluding carboxylic acids is 1. The molecule has 6 heteroatoms. The maximum atomic E-state index is 12.6. The van der Waals surface area contributed by atoms with Gasteiger partial charge in [0.25, 0.3) is 0 Å². The number of hydrogen-bond acceptors (Lipinski definition) is 4. The third-order valence-electron chi connectivity index (χ3n) is 5.03. The van der Waals surface area contributed by atoms with E-state index < -0.39 is 9.84 Å². The fraction of sp³-hybridized carbons (Fsp3) is 0.929. The minimum absolute atomic E-state index is 0.0797. The average molecular weight is 300 g/mol. The summed E-state index contributed by atoms with van der Waals surface area (Å²) in [7, 11) is -2.94. The summed E-state index contributed by atoms with van der Waals surface area (Å²) in [6.07, 6.45) is 6.47. The lowest BCUT2D eigenvalue weighted by atomic mass is 9.85. The maximum Gasteiger partial charge on any atom is 0.239 e. The van der Waals surface area contributed by atoms with Gasteiger partial charge in [-0.2, -0.15) is 0 Å². The molecule has 2 aliphatic heterocycles. The van der Waals surface area contributed by atoms with E-state index in [2.05, 4.69) is 5.32 Å². The molecular weight excluding hydrogens is 276 g/mol. The van der Waals surface area contributed by atoms with Crippen LogP contribution in [-0.4, -0.2) is 55.9 Å². The first-order valence-electron chi connectivity index (χ1n) is 7.80. The predicted octanol–water partition coefficient (Wildman–Crippen LogP) is 0.554. The van der Waals surface area contributed by atoms with E-state index in [1.807, 2.05) is 0 Å². The lowest BCUT2D eigenvalue weighted by Crippen LogP contribution is -2.46. The molecule has 2 saturated heterocycles. The van der Waals surface area contributed by atoms with Gasteiger partial charge in [-0.05, 0) is 31.6 Å². The van der Waals surface area contributed by atoms with E-state index in [1.54, 1.807) is 4.90 Å². The fourth-order valence-electron chi connectivity index (χ4n) is 3.89. The van der Waals surface area contributed by atoms with Crippen molar-refractivity contribution < 1.29 is 13.2 Å². The quantitative estimate of drug-likeness (QED) is 0.768. The zero-order valence-electron chi connectivity index (χ0n) is 11.9. The Morgan fingerprint density at radius 1 is 1.05 bits per heavy atom. The van der Waals surface area contributed by atoms with Crippen LogP contribution in [0.1, 0.15) is 38.5 Å². The molecule has 3 unspecified atom stereocenters. The first-order valence-corrected chi connectivity index (χ1v) is 9.62. The monoisotopic (exact) mass is 300 g/mol. The molecule has 0 spiro atoms. The van der Waals surface area contributed by atoms with Crippen LogP contribution in [0.4, 0.5) is 0 Å². The van der Waals surface area contributed by atoms with Crippen LogP contribution in [0.3, 0.4) is 0 Å². The number of carbonyl (C=O) groups is 1. The Labute approximate surface area is 121 Å². The molecule has 2 heterocycles. The number of rotatable bonds is 1. The van der Waals surface area contributed by atoms with Gasteiger partial charge >= 0.3 is 0 Å². The number of sulfone groups is 1. The van der Waals surface area contributed by atoms with E-state index in [0.717, 1.165) is 6.42 Å². The van der Waals surface area contributed by atoms with Gasteiger partial charge in [-0.1, -0.05) is 12.8 Å². The summed E-state index contributed by atoms with van der Waals surface area (Å²) < 4.78 is 23.2. The molecule has 3 rings (SSSR count). The summed E-state index contributed by atoms with van der Waals surface area (Å²) in [5, 5.41) is 3.49. The molecule has 0 aromatic carbocycles. The van der Waals surface area contributed by atoms with E-state index in [-0.39, 0.29) is 23.5 Å². The Balaban J connectivity index is 1.61.